The Morgan fingerprint density at radius 1 is 1.11 bits per heavy atom. The van der Waals surface area contributed by atoms with Crippen LogP contribution in [0.2, 0.25) is 0 Å². The van der Waals surface area contributed by atoms with Gasteiger partial charge in [0.15, 0.2) is 0 Å². The first-order valence-electron chi connectivity index (χ1n) is 12.9. The number of nitrogens with one attached hydrogen (secondary N) is 2. The van der Waals surface area contributed by atoms with Crippen LogP contribution in [-0.4, -0.2) is 27.8 Å². The van der Waals surface area contributed by atoms with Crippen molar-refractivity contribution in [2.75, 3.05) is 5.32 Å². The highest BCUT2D eigenvalue weighted by molar-refractivity contribution is 7.17. The van der Waals surface area contributed by atoms with Crippen LogP contribution in [0.15, 0.2) is 23.9 Å². The molecule has 0 spiro atoms. The largest absolute Gasteiger partial charge is 0.481 e. The van der Waals surface area contributed by atoms with Crippen LogP contribution >= 0.6 is 22.9 Å². The summed E-state index contributed by atoms with van der Waals surface area (Å²) in [7, 11) is 0. The number of hydrogen-bond acceptors (Lipinski definition) is 4. The van der Waals surface area contributed by atoms with E-state index in [1.54, 1.807) is 0 Å². The molecule has 0 radical (unpaired) electrons. The van der Waals surface area contributed by atoms with Gasteiger partial charge >= 0.3 is 5.97 Å². The molecule has 36 heavy (non-hydrogen) atoms. The highest BCUT2D eigenvalue weighted by atomic mass is 35.5. The molecule has 1 heterocycles. The monoisotopic (exact) mass is 532 g/mol. The van der Waals surface area contributed by atoms with Gasteiger partial charge < -0.3 is 15.7 Å². The summed E-state index contributed by atoms with van der Waals surface area (Å²) in [5, 5.41) is 16.2. The molecule has 0 aliphatic heterocycles. The number of alkyl halides is 1. The maximum Gasteiger partial charge on any atom is 0.307 e. The normalized spacial score (nSPS) is 28.1. The number of hydrogen-bond donors (Lipinski definition) is 3. The Morgan fingerprint density at radius 3 is 2.42 bits per heavy atom. The van der Waals surface area contributed by atoms with Gasteiger partial charge in [0.2, 0.25) is 5.91 Å². The van der Waals surface area contributed by atoms with Crippen LogP contribution in [0.1, 0.15) is 87.0 Å². The fourth-order valence-corrected chi connectivity index (χ4v) is 7.06. The molecule has 3 N–H and O–H groups in total. The number of carbonyl (C=O) groups excluding carboxylic acids is 2. The van der Waals surface area contributed by atoms with Crippen LogP contribution in [0.5, 0.6) is 0 Å². The number of carbonyl (C=O) groups is 3. The van der Waals surface area contributed by atoms with E-state index in [1.807, 2.05) is 25.2 Å². The molecule has 0 saturated heterocycles. The van der Waals surface area contributed by atoms with Gasteiger partial charge in [0.05, 0.1) is 22.3 Å². The van der Waals surface area contributed by atoms with Crippen LogP contribution in [0.4, 0.5) is 5.00 Å². The molecule has 2 unspecified atom stereocenters. The Bertz CT molecular complexity index is 1110. The Kier molecular flexibility index (Phi) is 7.73. The number of aliphatic carboxylic acids is 1. The summed E-state index contributed by atoms with van der Waals surface area (Å²) in [5.74, 6) is -2.24. The molecule has 0 bridgehead atoms. The molecule has 1 saturated carbocycles. The topological polar surface area (TPSA) is 95.5 Å². The average molecular weight is 533 g/mol. The predicted molar refractivity (Wildman–Crippen MR) is 145 cm³/mol. The molecule has 1 fully saturated rings. The fraction of sp³-hybridized carbons (Fsp3) is 0.607. The molecule has 3 aliphatic carbocycles. The van der Waals surface area contributed by atoms with Crippen LogP contribution in [0.3, 0.4) is 0 Å². The molecule has 2 amide bonds. The number of thiophene rings is 1. The van der Waals surface area contributed by atoms with Crippen molar-refractivity contribution in [1.82, 2.24) is 5.32 Å². The Balaban J connectivity index is 1.63. The van der Waals surface area contributed by atoms with Gasteiger partial charge in [-0.15, -0.1) is 22.9 Å². The van der Waals surface area contributed by atoms with Crippen molar-refractivity contribution in [2.45, 2.75) is 83.9 Å². The average Bonchev–Trinajstić information content (AvgIpc) is 3.17. The summed E-state index contributed by atoms with van der Waals surface area (Å²) >= 11 is 7.85. The summed E-state index contributed by atoms with van der Waals surface area (Å²) in [4.78, 5) is 39.4. The van der Waals surface area contributed by atoms with Gasteiger partial charge in [-0.1, -0.05) is 45.8 Å². The van der Waals surface area contributed by atoms with Gasteiger partial charge in [-0.2, -0.15) is 0 Å². The summed E-state index contributed by atoms with van der Waals surface area (Å²) < 4.78 is 0. The van der Waals surface area contributed by atoms with Crippen molar-refractivity contribution in [3.63, 3.8) is 0 Å². The van der Waals surface area contributed by atoms with Crippen LogP contribution in [0.25, 0.3) is 0 Å². The number of amides is 2. The van der Waals surface area contributed by atoms with E-state index in [1.165, 1.54) is 11.3 Å². The van der Waals surface area contributed by atoms with Crippen molar-refractivity contribution in [1.29, 1.82) is 0 Å². The van der Waals surface area contributed by atoms with Crippen LogP contribution in [-0.2, 0) is 22.4 Å². The maximum atomic E-state index is 13.6. The van der Waals surface area contributed by atoms with Crippen molar-refractivity contribution >= 4 is 45.7 Å². The molecular weight excluding hydrogens is 496 g/mol. The molecule has 4 rings (SSSR count). The minimum Gasteiger partial charge on any atom is -0.481 e. The van der Waals surface area contributed by atoms with Gasteiger partial charge in [-0.05, 0) is 68.4 Å². The summed E-state index contributed by atoms with van der Waals surface area (Å²) in [5.41, 5.74) is 2.37. The molecule has 0 aromatic carbocycles. The van der Waals surface area contributed by atoms with Gasteiger partial charge in [0.1, 0.15) is 5.00 Å². The SMILES string of the molecule is CC1(Cl)C=CC(NC(=O)c2c(NC(=O)[C@H]3CCCC[C@H]3C(=O)O)sc3c2CCC(C(C)(C)C)C3)=CC1. The van der Waals surface area contributed by atoms with Gasteiger partial charge in [-0.3, -0.25) is 14.4 Å². The lowest BCUT2D eigenvalue weighted by molar-refractivity contribution is -0.147. The molecule has 4 atom stereocenters. The van der Waals surface area contributed by atoms with E-state index in [0.29, 0.717) is 41.4 Å². The number of rotatable bonds is 5. The van der Waals surface area contributed by atoms with E-state index in [9.17, 15) is 19.5 Å². The first kappa shape index (κ1) is 26.9. The lowest BCUT2D eigenvalue weighted by atomic mass is 9.72. The number of carboxylic acid groups (broad SMARTS) is 1. The third kappa shape index (κ3) is 5.88. The van der Waals surface area contributed by atoms with Crippen LogP contribution in [0, 0.1) is 23.2 Å². The lowest BCUT2D eigenvalue weighted by Gasteiger charge is -2.33. The van der Waals surface area contributed by atoms with E-state index >= 15 is 0 Å². The molecule has 1 aromatic heterocycles. The minimum atomic E-state index is -0.923. The molecule has 6 nitrogen and oxygen atoms in total. The highest BCUT2D eigenvalue weighted by Gasteiger charge is 2.38. The van der Waals surface area contributed by atoms with Crippen molar-refractivity contribution in [3.05, 3.63) is 39.9 Å². The Hall–Kier alpha value is -2.12. The zero-order chi connectivity index (χ0) is 26.3. The molecule has 1 aromatic rings. The Labute approximate surface area is 222 Å². The molecular formula is C28H37ClN2O4S. The second-order valence-corrected chi connectivity index (χ2v) is 13.7. The number of allylic oxidation sites excluding steroid dienone is 3. The van der Waals surface area contributed by atoms with Gasteiger partial charge in [0, 0.05) is 10.6 Å². The highest BCUT2D eigenvalue weighted by Crippen LogP contribution is 2.45. The second kappa shape index (κ2) is 10.3. The number of anilines is 1. The fourth-order valence-electron chi connectivity index (χ4n) is 5.59. The molecule has 8 heteroatoms. The first-order chi connectivity index (χ1) is 16.9. The third-order valence-corrected chi connectivity index (χ3v) is 9.41. The summed E-state index contributed by atoms with van der Waals surface area (Å²) in [6, 6.07) is 0. The molecule has 196 valence electrons. The Morgan fingerprint density at radius 2 is 1.81 bits per heavy atom. The number of carboxylic acids is 1. The minimum absolute atomic E-state index is 0.149. The van der Waals surface area contributed by atoms with Gasteiger partial charge in [-0.25, -0.2) is 0 Å². The predicted octanol–water partition coefficient (Wildman–Crippen LogP) is 6.30. The quantitative estimate of drug-likeness (QED) is 0.388. The maximum absolute atomic E-state index is 13.6. The summed E-state index contributed by atoms with van der Waals surface area (Å²) in [6.45, 7) is 8.65. The van der Waals surface area contributed by atoms with E-state index in [-0.39, 0.29) is 17.2 Å². The zero-order valence-electron chi connectivity index (χ0n) is 21.6. The lowest BCUT2D eigenvalue weighted by Crippen LogP contribution is -2.36. The number of fused-ring (bicyclic) bond motifs is 1. The van der Waals surface area contributed by atoms with E-state index < -0.39 is 22.7 Å². The van der Waals surface area contributed by atoms with E-state index in [4.69, 9.17) is 11.6 Å². The smallest absolute Gasteiger partial charge is 0.307 e. The van der Waals surface area contributed by atoms with E-state index in [2.05, 4.69) is 31.4 Å². The number of halogens is 1. The first-order valence-corrected chi connectivity index (χ1v) is 14.1. The standard InChI is InChI=1S/C28H37ClN2O4S/c1-27(2,3)16-9-10-20-21(15-16)36-25(31-23(32)18-7-5-6-8-19(18)26(34)35)22(20)24(33)30-17-11-13-28(4,29)14-12-17/h11-13,16,18-19H,5-10,14-15H2,1-4H3,(H,30,33)(H,31,32)(H,34,35)/t16?,18-,19+,28?/m0/s1. The van der Waals surface area contributed by atoms with Crippen molar-refractivity contribution < 1.29 is 19.5 Å². The molecule has 3 aliphatic rings. The van der Waals surface area contributed by atoms with Crippen molar-refractivity contribution in [3.8, 4) is 0 Å². The third-order valence-electron chi connectivity index (χ3n) is 7.96. The second-order valence-electron chi connectivity index (χ2n) is 11.8. The van der Waals surface area contributed by atoms with Crippen molar-refractivity contribution in [2.24, 2.45) is 23.2 Å². The van der Waals surface area contributed by atoms with Gasteiger partial charge in [0.25, 0.3) is 5.91 Å². The van der Waals surface area contributed by atoms with Crippen LogP contribution < -0.4 is 10.6 Å². The summed E-state index contributed by atoms with van der Waals surface area (Å²) in [6.07, 6.45) is 11.6. The zero-order valence-corrected chi connectivity index (χ0v) is 23.2. The van der Waals surface area contributed by atoms with E-state index in [0.717, 1.165) is 42.5 Å².